The van der Waals surface area contributed by atoms with Crippen LogP contribution in [0.5, 0.6) is 5.75 Å². The SMILES string of the molecule is CC(C#N)(Cn1nc2c(Cl)cc(Cl)c(Cl)c2n1)NC(=O)c1ccc(OC(F)(F)C(F)F)cc1. The Kier molecular flexibility index (Phi) is 6.93. The van der Waals surface area contributed by atoms with E-state index in [4.69, 9.17) is 34.8 Å². The molecule has 33 heavy (non-hydrogen) atoms. The third-order valence-corrected chi connectivity index (χ3v) is 5.34. The summed E-state index contributed by atoms with van der Waals surface area (Å²) in [5, 5.41) is 20.9. The number of nitriles is 1. The van der Waals surface area contributed by atoms with Crippen molar-refractivity contribution < 1.29 is 27.1 Å². The number of halogens is 7. The van der Waals surface area contributed by atoms with Gasteiger partial charge in [-0.3, -0.25) is 4.79 Å². The Morgan fingerprint density at radius 2 is 1.79 bits per heavy atom. The monoisotopic (exact) mass is 523 g/mol. The van der Waals surface area contributed by atoms with Crippen molar-refractivity contribution in [3.8, 4) is 11.8 Å². The van der Waals surface area contributed by atoms with Gasteiger partial charge in [-0.1, -0.05) is 34.8 Å². The lowest BCUT2D eigenvalue weighted by atomic mass is 10.0. The number of carbonyl (C=O) groups is 1. The normalized spacial score (nSPS) is 13.6. The zero-order valence-electron chi connectivity index (χ0n) is 16.4. The molecular formula is C19H12Cl3F4N5O2. The van der Waals surface area contributed by atoms with Crippen LogP contribution in [0, 0.1) is 11.3 Å². The molecular weight excluding hydrogens is 513 g/mol. The first kappa shape index (κ1) is 24.8. The van der Waals surface area contributed by atoms with Crippen molar-refractivity contribution in [1.29, 1.82) is 5.26 Å². The summed E-state index contributed by atoms with van der Waals surface area (Å²) >= 11 is 18.2. The van der Waals surface area contributed by atoms with Crippen molar-refractivity contribution >= 4 is 51.7 Å². The van der Waals surface area contributed by atoms with Crippen molar-refractivity contribution in [3.63, 3.8) is 0 Å². The van der Waals surface area contributed by atoms with E-state index in [1.54, 1.807) is 0 Å². The van der Waals surface area contributed by atoms with E-state index in [1.165, 1.54) is 13.0 Å². The number of benzene rings is 2. The maximum atomic E-state index is 13.0. The highest BCUT2D eigenvalue weighted by molar-refractivity contribution is 6.47. The average Bonchev–Trinajstić information content (AvgIpc) is 3.16. The van der Waals surface area contributed by atoms with Gasteiger partial charge in [0, 0.05) is 5.56 Å². The van der Waals surface area contributed by atoms with Crippen LogP contribution in [0.4, 0.5) is 17.6 Å². The first-order valence-corrected chi connectivity index (χ1v) is 10.1. The number of ether oxygens (including phenoxy) is 1. The molecule has 3 aromatic rings. The van der Waals surface area contributed by atoms with Crippen LogP contribution in [-0.2, 0) is 6.54 Å². The molecule has 1 atom stereocenters. The summed E-state index contributed by atoms with van der Waals surface area (Å²) in [7, 11) is 0. The van der Waals surface area contributed by atoms with Gasteiger partial charge in [-0.2, -0.15) is 37.8 Å². The van der Waals surface area contributed by atoms with Crippen molar-refractivity contribution in [1.82, 2.24) is 20.3 Å². The van der Waals surface area contributed by atoms with Gasteiger partial charge in [0.1, 0.15) is 22.3 Å². The number of rotatable bonds is 7. The minimum atomic E-state index is -4.68. The zero-order chi connectivity index (χ0) is 24.6. The van der Waals surface area contributed by atoms with E-state index in [0.29, 0.717) is 0 Å². The van der Waals surface area contributed by atoms with Crippen LogP contribution >= 0.6 is 34.8 Å². The van der Waals surface area contributed by atoms with E-state index in [1.807, 2.05) is 6.07 Å². The first-order valence-electron chi connectivity index (χ1n) is 8.92. The molecule has 1 unspecified atom stereocenters. The predicted molar refractivity (Wildman–Crippen MR) is 112 cm³/mol. The molecule has 0 saturated heterocycles. The highest BCUT2D eigenvalue weighted by Gasteiger charge is 2.44. The first-order chi connectivity index (χ1) is 15.3. The molecule has 0 aliphatic heterocycles. The fraction of sp³-hybridized carbons (Fsp3) is 0.263. The number of alkyl halides is 4. The Morgan fingerprint density at radius 1 is 1.18 bits per heavy atom. The molecule has 1 aromatic heterocycles. The fourth-order valence-electron chi connectivity index (χ4n) is 2.67. The van der Waals surface area contributed by atoms with Gasteiger partial charge in [0.05, 0.1) is 27.7 Å². The summed E-state index contributed by atoms with van der Waals surface area (Å²) in [5.74, 6) is -1.32. The third kappa shape index (κ3) is 5.40. The Balaban J connectivity index is 1.76. The van der Waals surface area contributed by atoms with Gasteiger partial charge in [0.2, 0.25) is 0 Å². The van der Waals surface area contributed by atoms with E-state index < -0.39 is 29.7 Å². The predicted octanol–water partition coefficient (Wildman–Crippen LogP) is 5.34. The Bertz CT molecular complexity index is 1250. The number of carbonyl (C=O) groups excluding carboxylic acids is 1. The van der Waals surface area contributed by atoms with Crippen molar-refractivity contribution in [2.45, 2.75) is 31.5 Å². The van der Waals surface area contributed by atoms with Crippen LogP contribution < -0.4 is 10.1 Å². The Morgan fingerprint density at radius 3 is 2.36 bits per heavy atom. The molecule has 1 heterocycles. The molecule has 174 valence electrons. The summed E-state index contributed by atoms with van der Waals surface area (Å²) < 4.78 is 54.4. The van der Waals surface area contributed by atoms with E-state index in [0.717, 1.165) is 29.1 Å². The third-order valence-electron chi connectivity index (χ3n) is 4.27. The van der Waals surface area contributed by atoms with Crippen molar-refractivity contribution in [2.24, 2.45) is 0 Å². The second-order valence-corrected chi connectivity index (χ2v) is 8.16. The standard InChI is InChI=1S/C19H12Cl3F4N5O2/c1-18(7-27,8-31-29-14-12(21)6-11(20)13(22)15(14)30-31)28-16(32)9-2-4-10(5-3-9)33-19(25,26)17(23)24/h2-6,17H,8H2,1H3,(H,28,32). The molecule has 7 nitrogen and oxygen atoms in total. The molecule has 0 saturated carbocycles. The molecule has 3 rings (SSSR count). The summed E-state index contributed by atoms with van der Waals surface area (Å²) in [6.07, 6.45) is -8.70. The Labute approximate surface area is 198 Å². The topological polar surface area (TPSA) is 92.8 Å². The Hall–Kier alpha value is -2.81. The maximum absolute atomic E-state index is 13.0. The maximum Gasteiger partial charge on any atom is 0.461 e. The van der Waals surface area contributed by atoms with Crippen LogP contribution in [0.3, 0.4) is 0 Å². The van der Waals surface area contributed by atoms with E-state index >= 15 is 0 Å². The van der Waals surface area contributed by atoms with Crippen LogP contribution in [0.1, 0.15) is 17.3 Å². The number of nitrogens with one attached hydrogen (secondary N) is 1. The lowest BCUT2D eigenvalue weighted by Gasteiger charge is -2.22. The minimum absolute atomic E-state index is 0.0411. The van der Waals surface area contributed by atoms with Gasteiger partial charge in [0.25, 0.3) is 5.91 Å². The van der Waals surface area contributed by atoms with Crippen LogP contribution in [0.2, 0.25) is 15.1 Å². The second kappa shape index (κ2) is 9.21. The number of nitrogens with zero attached hydrogens (tertiary/aromatic N) is 4. The second-order valence-electron chi connectivity index (χ2n) is 6.97. The lowest BCUT2D eigenvalue weighted by molar-refractivity contribution is -0.253. The van der Waals surface area contributed by atoms with Crippen molar-refractivity contribution in [2.75, 3.05) is 0 Å². The molecule has 0 aliphatic carbocycles. The number of aromatic nitrogens is 3. The quantitative estimate of drug-likeness (QED) is 0.333. The van der Waals surface area contributed by atoms with Crippen LogP contribution in [0.25, 0.3) is 11.0 Å². The molecule has 2 aromatic carbocycles. The van der Waals surface area contributed by atoms with E-state index in [9.17, 15) is 27.6 Å². The highest BCUT2D eigenvalue weighted by atomic mass is 35.5. The number of fused-ring (bicyclic) bond motifs is 1. The molecule has 0 bridgehead atoms. The fourth-order valence-corrected chi connectivity index (χ4v) is 3.34. The molecule has 0 spiro atoms. The van der Waals surface area contributed by atoms with Gasteiger partial charge in [0.15, 0.2) is 0 Å². The smallest absolute Gasteiger partial charge is 0.428 e. The van der Waals surface area contributed by atoms with E-state index in [-0.39, 0.29) is 38.2 Å². The minimum Gasteiger partial charge on any atom is -0.428 e. The van der Waals surface area contributed by atoms with Crippen molar-refractivity contribution in [3.05, 3.63) is 51.0 Å². The molecule has 14 heteroatoms. The summed E-state index contributed by atoms with van der Waals surface area (Å²) in [6, 6.07) is 7.32. The molecule has 0 radical (unpaired) electrons. The molecule has 1 amide bonds. The zero-order valence-corrected chi connectivity index (χ0v) is 18.7. The van der Waals surface area contributed by atoms with Gasteiger partial charge in [-0.05, 0) is 37.3 Å². The molecule has 1 N–H and O–H groups in total. The summed E-state index contributed by atoms with van der Waals surface area (Å²) in [5.41, 5.74) is -1.11. The van der Waals surface area contributed by atoms with Gasteiger partial charge >= 0.3 is 12.5 Å². The van der Waals surface area contributed by atoms with E-state index in [2.05, 4.69) is 20.3 Å². The number of hydrogen-bond acceptors (Lipinski definition) is 5. The summed E-state index contributed by atoms with van der Waals surface area (Å²) in [4.78, 5) is 13.7. The summed E-state index contributed by atoms with van der Waals surface area (Å²) in [6.45, 7) is 1.19. The largest absolute Gasteiger partial charge is 0.461 e. The highest BCUT2D eigenvalue weighted by Crippen LogP contribution is 2.34. The van der Waals surface area contributed by atoms with Crippen LogP contribution in [0.15, 0.2) is 30.3 Å². The molecule has 0 fully saturated rings. The lowest BCUT2D eigenvalue weighted by Crippen LogP contribution is -2.48. The average molecular weight is 525 g/mol. The van der Waals surface area contributed by atoms with Gasteiger partial charge < -0.3 is 10.1 Å². The van der Waals surface area contributed by atoms with Gasteiger partial charge in [-0.25, -0.2) is 0 Å². The van der Waals surface area contributed by atoms with Gasteiger partial charge in [-0.15, -0.1) is 0 Å². The number of amides is 1. The number of hydrogen-bond donors (Lipinski definition) is 1. The molecule has 0 aliphatic rings. The van der Waals surface area contributed by atoms with Crippen LogP contribution in [-0.4, -0.2) is 39.0 Å².